The number of rotatable bonds is 14. The maximum absolute atomic E-state index is 11.6. The fourth-order valence-electron chi connectivity index (χ4n) is 2.25. The number of carbonyl (C=O) groups excluding carboxylic acids is 2. The molecule has 0 heterocycles. The molecule has 0 aromatic carbocycles. The highest BCUT2D eigenvalue weighted by Crippen LogP contribution is 2.10. The van der Waals surface area contributed by atoms with Crippen LogP contribution in [0.4, 0.5) is 0 Å². The van der Waals surface area contributed by atoms with E-state index in [1.54, 1.807) is 0 Å². The van der Waals surface area contributed by atoms with Gasteiger partial charge in [0.15, 0.2) is 0 Å². The highest BCUT2D eigenvalue weighted by Gasteiger charge is 2.08. The SMILES string of the molecule is CCCCCC(C)OC(=O)CCCCCCCC(=O)CN. The zero-order chi connectivity index (χ0) is 15.9. The fourth-order valence-corrected chi connectivity index (χ4v) is 2.25. The van der Waals surface area contributed by atoms with E-state index in [1.165, 1.54) is 12.8 Å². The Balaban J connectivity index is 3.39. The summed E-state index contributed by atoms with van der Waals surface area (Å²) in [4.78, 5) is 22.6. The van der Waals surface area contributed by atoms with Gasteiger partial charge in [-0.3, -0.25) is 9.59 Å². The molecular formula is C17H33NO3. The average molecular weight is 299 g/mol. The number of hydrogen-bond acceptors (Lipinski definition) is 4. The molecule has 0 radical (unpaired) electrons. The van der Waals surface area contributed by atoms with Crippen molar-refractivity contribution in [2.24, 2.45) is 5.73 Å². The Morgan fingerprint density at radius 2 is 1.57 bits per heavy atom. The molecule has 0 aliphatic rings. The van der Waals surface area contributed by atoms with E-state index < -0.39 is 0 Å². The molecule has 4 heteroatoms. The van der Waals surface area contributed by atoms with Crippen LogP contribution in [0.15, 0.2) is 0 Å². The van der Waals surface area contributed by atoms with Gasteiger partial charge in [-0.1, -0.05) is 39.0 Å². The molecule has 0 spiro atoms. The van der Waals surface area contributed by atoms with Crippen LogP contribution in [-0.2, 0) is 14.3 Å². The standard InChI is InChI=1S/C17H33NO3/c1-3-4-8-11-15(2)21-17(20)13-10-7-5-6-9-12-16(19)14-18/h15H,3-14,18H2,1-2H3. The highest BCUT2D eigenvalue weighted by atomic mass is 16.5. The van der Waals surface area contributed by atoms with E-state index >= 15 is 0 Å². The summed E-state index contributed by atoms with van der Waals surface area (Å²) in [5.41, 5.74) is 5.24. The molecule has 124 valence electrons. The molecule has 0 aromatic rings. The molecule has 0 saturated heterocycles. The lowest BCUT2D eigenvalue weighted by atomic mass is 10.1. The summed E-state index contributed by atoms with van der Waals surface area (Å²) >= 11 is 0. The summed E-state index contributed by atoms with van der Waals surface area (Å²) in [6.07, 6.45) is 10.6. The van der Waals surface area contributed by atoms with Crippen molar-refractivity contribution in [2.75, 3.05) is 6.54 Å². The molecule has 2 N–H and O–H groups in total. The average Bonchev–Trinajstić information content (AvgIpc) is 2.46. The number of Topliss-reactive ketones (excluding diaryl/α,β-unsaturated/α-hetero) is 1. The molecule has 0 aliphatic heterocycles. The molecule has 0 rings (SSSR count). The fraction of sp³-hybridized carbons (Fsp3) is 0.882. The molecule has 21 heavy (non-hydrogen) atoms. The van der Waals surface area contributed by atoms with Crippen LogP contribution in [0.2, 0.25) is 0 Å². The number of nitrogens with two attached hydrogens (primary N) is 1. The number of carbonyl (C=O) groups is 2. The van der Waals surface area contributed by atoms with Gasteiger partial charge in [0.2, 0.25) is 0 Å². The lowest BCUT2D eigenvalue weighted by Gasteiger charge is -2.12. The van der Waals surface area contributed by atoms with Crippen LogP contribution < -0.4 is 5.73 Å². The largest absolute Gasteiger partial charge is 0.463 e. The molecule has 0 bridgehead atoms. The maximum Gasteiger partial charge on any atom is 0.306 e. The van der Waals surface area contributed by atoms with Crippen LogP contribution in [0.3, 0.4) is 0 Å². The Morgan fingerprint density at radius 3 is 2.19 bits per heavy atom. The van der Waals surface area contributed by atoms with E-state index in [9.17, 15) is 9.59 Å². The predicted molar refractivity (Wildman–Crippen MR) is 86.1 cm³/mol. The molecule has 0 saturated carbocycles. The maximum atomic E-state index is 11.6. The number of hydrogen-bond donors (Lipinski definition) is 1. The van der Waals surface area contributed by atoms with Crippen molar-refractivity contribution in [1.82, 2.24) is 0 Å². The van der Waals surface area contributed by atoms with Crippen LogP contribution in [0.25, 0.3) is 0 Å². The number of ether oxygens (including phenoxy) is 1. The minimum atomic E-state index is -0.0719. The summed E-state index contributed by atoms with van der Waals surface area (Å²) < 4.78 is 5.37. The lowest BCUT2D eigenvalue weighted by Crippen LogP contribution is -2.14. The van der Waals surface area contributed by atoms with Gasteiger partial charge < -0.3 is 10.5 Å². The smallest absolute Gasteiger partial charge is 0.306 e. The van der Waals surface area contributed by atoms with Gasteiger partial charge in [0.25, 0.3) is 0 Å². The molecule has 4 nitrogen and oxygen atoms in total. The second kappa shape index (κ2) is 14.1. The van der Waals surface area contributed by atoms with E-state index in [4.69, 9.17) is 10.5 Å². The van der Waals surface area contributed by atoms with Crippen molar-refractivity contribution in [2.45, 2.75) is 90.6 Å². The second-order valence-electron chi connectivity index (χ2n) is 5.81. The van der Waals surface area contributed by atoms with Crippen LogP contribution in [-0.4, -0.2) is 24.4 Å². The van der Waals surface area contributed by atoms with Crippen molar-refractivity contribution in [3.8, 4) is 0 Å². The van der Waals surface area contributed by atoms with Crippen molar-refractivity contribution >= 4 is 11.8 Å². The summed E-state index contributed by atoms with van der Waals surface area (Å²) in [5.74, 6) is 0.0629. The van der Waals surface area contributed by atoms with Gasteiger partial charge in [0.05, 0.1) is 12.6 Å². The van der Waals surface area contributed by atoms with Crippen LogP contribution in [0.5, 0.6) is 0 Å². The summed E-state index contributed by atoms with van der Waals surface area (Å²) in [7, 11) is 0. The Bertz CT molecular complexity index is 279. The van der Waals surface area contributed by atoms with E-state index in [-0.39, 0.29) is 24.4 Å². The summed E-state index contributed by atoms with van der Waals surface area (Å²) in [6.45, 7) is 4.30. The first-order valence-electron chi connectivity index (χ1n) is 8.51. The van der Waals surface area contributed by atoms with Gasteiger partial charge in [0.1, 0.15) is 5.78 Å². The van der Waals surface area contributed by atoms with Gasteiger partial charge in [-0.05, 0) is 32.6 Å². The molecule has 0 fully saturated rings. The van der Waals surface area contributed by atoms with Gasteiger partial charge in [-0.25, -0.2) is 0 Å². The lowest BCUT2D eigenvalue weighted by molar-refractivity contribution is -0.148. The Labute approximate surface area is 129 Å². The van der Waals surface area contributed by atoms with Gasteiger partial charge >= 0.3 is 5.97 Å². The van der Waals surface area contributed by atoms with Crippen molar-refractivity contribution in [1.29, 1.82) is 0 Å². The third kappa shape index (κ3) is 13.8. The van der Waals surface area contributed by atoms with E-state index in [0.29, 0.717) is 12.8 Å². The predicted octanol–water partition coefficient (Wildman–Crippen LogP) is 3.76. The zero-order valence-corrected chi connectivity index (χ0v) is 13.9. The van der Waals surface area contributed by atoms with E-state index in [0.717, 1.165) is 44.9 Å². The number of esters is 1. The first kappa shape index (κ1) is 20.1. The van der Waals surface area contributed by atoms with Crippen molar-refractivity contribution in [3.63, 3.8) is 0 Å². The van der Waals surface area contributed by atoms with E-state index in [2.05, 4.69) is 6.92 Å². The van der Waals surface area contributed by atoms with Gasteiger partial charge in [-0.2, -0.15) is 0 Å². The van der Waals surface area contributed by atoms with Crippen molar-refractivity contribution in [3.05, 3.63) is 0 Å². The number of unbranched alkanes of at least 4 members (excludes halogenated alkanes) is 6. The van der Waals surface area contributed by atoms with E-state index in [1.807, 2.05) is 6.92 Å². The van der Waals surface area contributed by atoms with Gasteiger partial charge in [-0.15, -0.1) is 0 Å². The minimum absolute atomic E-state index is 0.0475. The molecular weight excluding hydrogens is 266 g/mol. The first-order chi connectivity index (χ1) is 10.1. The monoisotopic (exact) mass is 299 g/mol. The normalized spacial score (nSPS) is 12.1. The zero-order valence-electron chi connectivity index (χ0n) is 13.9. The molecule has 1 unspecified atom stereocenters. The molecule has 0 amide bonds. The van der Waals surface area contributed by atoms with Crippen molar-refractivity contribution < 1.29 is 14.3 Å². The molecule has 0 aliphatic carbocycles. The Hall–Kier alpha value is -0.900. The quantitative estimate of drug-likeness (QED) is 0.392. The molecule has 1 atom stereocenters. The summed E-state index contributed by atoms with van der Waals surface area (Å²) in [6, 6.07) is 0. The second-order valence-corrected chi connectivity index (χ2v) is 5.81. The Kier molecular flexibility index (Phi) is 13.5. The third-order valence-electron chi connectivity index (χ3n) is 3.61. The summed E-state index contributed by atoms with van der Waals surface area (Å²) in [5, 5.41) is 0. The topological polar surface area (TPSA) is 69.4 Å². The molecule has 0 aromatic heterocycles. The third-order valence-corrected chi connectivity index (χ3v) is 3.61. The van der Waals surface area contributed by atoms with Gasteiger partial charge in [0, 0.05) is 12.8 Å². The highest BCUT2D eigenvalue weighted by molar-refractivity contribution is 5.80. The Morgan fingerprint density at radius 1 is 0.952 bits per heavy atom. The van der Waals surface area contributed by atoms with Crippen LogP contribution >= 0.6 is 0 Å². The first-order valence-corrected chi connectivity index (χ1v) is 8.51. The van der Waals surface area contributed by atoms with Crippen LogP contribution in [0, 0.1) is 0 Å². The van der Waals surface area contributed by atoms with Crippen LogP contribution in [0.1, 0.15) is 84.5 Å². The number of ketones is 1. The minimum Gasteiger partial charge on any atom is -0.463 e.